The van der Waals surface area contributed by atoms with Gasteiger partial charge in [-0.15, -0.1) is 0 Å². The zero-order valence-corrected chi connectivity index (χ0v) is 16.1. The molecular formula is C22H19FN4O3. The molecule has 0 fully saturated rings. The van der Waals surface area contributed by atoms with Crippen molar-refractivity contribution in [2.45, 2.75) is 12.0 Å². The number of benzene rings is 2. The van der Waals surface area contributed by atoms with E-state index in [2.05, 4.69) is 20.6 Å². The Bertz CT molecular complexity index is 1080. The van der Waals surface area contributed by atoms with E-state index in [1.54, 1.807) is 6.07 Å². The predicted octanol–water partition coefficient (Wildman–Crippen LogP) is 2.95. The average Bonchev–Trinajstić information content (AvgIpc) is 3.17. The molecule has 3 aromatic rings. The van der Waals surface area contributed by atoms with E-state index in [-0.39, 0.29) is 11.1 Å². The van der Waals surface area contributed by atoms with E-state index in [0.29, 0.717) is 17.0 Å². The van der Waals surface area contributed by atoms with Gasteiger partial charge in [0.05, 0.1) is 29.6 Å². The number of ether oxygens (including phenoxy) is 1. The van der Waals surface area contributed by atoms with Crippen LogP contribution in [0.3, 0.4) is 0 Å². The third kappa shape index (κ3) is 3.59. The van der Waals surface area contributed by atoms with Gasteiger partial charge in [0.15, 0.2) is 0 Å². The van der Waals surface area contributed by atoms with Crippen LogP contribution in [0.4, 0.5) is 10.1 Å². The first-order valence-corrected chi connectivity index (χ1v) is 9.36. The summed E-state index contributed by atoms with van der Waals surface area (Å²) >= 11 is 0. The Morgan fingerprint density at radius 2 is 1.83 bits per heavy atom. The van der Waals surface area contributed by atoms with Gasteiger partial charge in [0, 0.05) is 18.2 Å². The van der Waals surface area contributed by atoms with Crippen molar-refractivity contribution in [3.05, 3.63) is 83.4 Å². The summed E-state index contributed by atoms with van der Waals surface area (Å²) in [6, 6.07) is 12.4. The first-order valence-electron chi connectivity index (χ1n) is 9.36. The minimum Gasteiger partial charge on any atom is -0.486 e. The Morgan fingerprint density at radius 3 is 2.50 bits per heavy atom. The number of rotatable bonds is 5. The maximum atomic E-state index is 13.8. The topological polar surface area (TPSA) is 93.2 Å². The fourth-order valence-electron chi connectivity index (χ4n) is 3.61. The van der Waals surface area contributed by atoms with Crippen molar-refractivity contribution in [1.29, 1.82) is 0 Å². The second-order valence-electron chi connectivity index (χ2n) is 6.80. The highest BCUT2D eigenvalue weighted by atomic mass is 19.1. The second-order valence-corrected chi connectivity index (χ2v) is 6.80. The highest BCUT2D eigenvalue weighted by Gasteiger charge is 2.39. The summed E-state index contributed by atoms with van der Waals surface area (Å²) in [7, 11) is 1.49. The molecule has 152 valence electrons. The SMILES string of the molecule is CNC(=O)c1cc(C(=O)Nc2cncnc2)cc2c1OC(CF)[C@H]2c1ccccc1. The molecule has 8 heteroatoms. The van der Waals surface area contributed by atoms with Gasteiger partial charge in [0.1, 0.15) is 24.9 Å². The Balaban J connectivity index is 1.81. The van der Waals surface area contributed by atoms with E-state index in [1.165, 1.54) is 31.8 Å². The maximum Gasteiger partial charge on any atom is 0.255 e. The molecule has 2 atom stereocenters. The van der Waals surface area contributed by atoms with E-state index in [0.717, 1.165) is 5.56 Å². The largest absolute Gasteiger partial charge is 0.486 e. The van der Waals surface area contributed by atoms with Gasteiger partial charge in [-0.25, -0.2) is 14.4 Å². The lowest BCUT2D eigenvalue weighted by Crippen LogP contribution is -2.22. The molecule has 2 amide bonds. The number of aromatic nitrogens is 2. The van der Waals surface area contributed by atoms with Crippen molar-refractivity contribution in [2.24, 2.45) is 0 Å². The monoisotopic (exact) mass is 406 g/mol. The van der Waals surface area contributed by atoms with Crippen LogP contribution >= 0.6 is 0 Å². The van der Waals surface area contributed by atoms with Crippen LogP contribution in [-0.4, -0.2) is 41.6 Å². The molecule has 0 aliphatic carbocycles. The van der Waals surface area contributed by atoms with Crippen molar-refractivity contribution in [3.63, 3.8) is 0 Å². The van der Waals surface area contributed by atoms with Crippen LogP contribution in [0.1, 0.15) is 37.8 Å². The van der Waals surface area contributed by atoms with Crippen molar-refractivity contribution in [3.8, 4) is 5.75 Å². The van der Waals surface area contributed by atoms with E-state index in [1.807, 2.05) is 30.3 Å². The molecule has 2 N–H and O–H groups in total. The van der Waals surface area contributed by atoms with Gasteiger partial charge >= 0.3 is 0 Å². The first kappa shape index (κ1) is 19.5. The fraction of sp³-hybridized carbons (Fsp3) is 0.182. The zero-order valence-electron chi connectivity index (χ0n) is 16.1. The number of alkyl halides is 1. The second kappa shape index (κ2) is 8.28. The number of amides is 2. The molecule has 1 aromatic heterocycles. The predicted molar refractivity (Wildman–Crippen MR) is 108 cm³/mol. The smallest absolute Gasteiger partial charge is 0.255 e. The number of fused-ring (bicyclic) bond motifs is 1. The molecule has 0 spiro atoms. The molecule has 0 radical (unpaired) electrons. The van der Waals surface area contributed by atoms with Crippen molar-refractivity contribution >= 4 is 17.5 Å². The Morgan fingerprint density at radius 1 is 1.10 bits per heavy atom. The summed E-state index contributed by atoms with van der Waals surface area (Å²) in [6.45, 7) is -0.732. The summed E-state index contributed by atoms with van der Waals surface area (Å²) < 4.78 is 19.7. The van der Waals surface area contributed by atoms with Crippen LogP contribution in [0.25, 0.3) is 0 Å². The summed E-state index contributed by atoms with van der Waals surface area (Å²) in [5.74, 6) is -1.00. The van der Waals surface area contributed by atoms with Gasteiger partial charge < -0.3 is 15.4 Å². The standard InChI is InChI=1S/C22H19FN4O3/c1-24-22(29)17-8-14(21(28)27-15-10-25-12-26-11-15)7-16-19(13-5-3-2-4-6-13)18(9-23)30-20(16)17/h2-8,10-12,18-19H,9H2,1H3,(H,24,29)(H,27,28)/t18?,19-/m0/s1. The number of carbonyl (C=O) groups is 2. The molecule has 4 rings (SSSR count). The summed E-state index contributed by atoms with van der Waals surface area (Å²) in [6.07, 6.45) is 3.50. The van der Waals surface area contributed by atoms with E-state index >= 15 is 0 Å². The number of nitrogens with one attached hydrogen (secondary N) is 2. The number of nitrogens with zero attached hydrogens (tertiary/aromatic N) is 2. The van der Waals surface area contributed by atoms with Crippen LogP contribution < -0.4 is 15.4 Å². The molecule has 1 unspecified atom stereocenters. The molecule has 2 aromatic carbocycles. The van der Waals surface area contributed by atoms with Gasteiger partial charge in [-0.3, -0.25) is 9.59 Å². The number of carbonyl (C=O) groups excluding carboxylic acids is 2. The first-order chi connectivity index (χ1) is 14.6. The lowest BCUT2D eigenvalue weighted by atomic mass is 9.86. The molecule has 2 heterocycles. The van der Waals surface area contributed by atoms with Gasteiger partial charge in [0.25, 0.3) is 11.8 Å². The lowest BCUT2D eigenvalue weighted by molar-refractivity contribution is 0.0955. The van der Waals surface area contributed by atoms with Crippen LogP contribution in [0.15, 0.2) is 61.2 Å². The Labute approximate surface area is 172 Å². The van der Waals surface area contributed by atoms with Crippen LogP contribution in [0.2, 0.25) is 0 Å². The summed E-state index contributed by atoms with van der Waals surface area (Å²) in [4.78, 5) is 33.1. The molecule has 0 saturated carbocycles. The van der Waals surface area contributed by atoms with Gasteiger partial charge in [-0.1, -0.05) is 30.3 Å². The summed E-state index contributed by atoms with van der Waals surface area (Å²) in [5.41, 5.74) is 2.29. The minimum atomic E-state index is -0.786. The van der Waals surface area contributed by atoms with Crippen molar-refractivity contribution < 1.29 is 18.7 Å². The van der Waals surface area contributed by atoms with Crippen molar-refractivity contribution in [1.82, 2.24) is 15.3 Å². The third-order valence-electron chi connectivity index (χ3n) is 4.96. The van der Waals surface area contributed by atoms with Crippen LogP contribution in [0.5, 0.6) is 5.75 Å². The van der Waals surface area contributed by atoms with Crippen LogP contribution in [-0.2, 0) is 0 Å². The summed E-state index contributed by atoms with van der Waals surface area (Å²) in [5, 5.41) is 5.25. The number of halogens is 1. The van der Waals surface area contributed by atoms with Gasteiger partial charge in [-0.05, 0) is 17.7 Å². The van der Waals surface area contributed by atoms with E-state index in [9.17, 15) is 14.0 Å². The molecule has 0 bridgehead atoms. The molecule has 30 heavy (non-hydrogen) atoms. The molecule has 7 nitrogen and oxygen atoms in total. The highest BCUT2D eigenvalue weighted by molar-refractivity contribution is 6.07. The number of hydrogen-bond acceptors (Lipinski definition) is 5. The fourth-order valence-corrected chi connectivity index (χ4v) is 3.61. The molecule has 1 aliphatic rings. The third-order valence-corrected chi connectivity index (χ3v) is 4.96. The molecular weight excluding hydrogens is 387 g/mol. The van der Waals surface area contributed by atoms with Crippen molar-refractivity contribution in [2.75, 3.05) is 19.0 Å². The Kier molecular flexibility index (Phi) is 5.38. The van der Waals surface area contributed by atoms with Gasteiger partial charge in [0.2, 0.25) is 0 Å². The normalized spacial score (nSPS) is 17.0. The average molecular weight is 406 g/mol. The minimum absolute atomic E-state index is 0.182. The van der Waals surface area contributed by atoms with Crippen LogP contribution in [0, 0.1) is 0 Å². The quantitative estimate of drug-likeness (QED) is 0.680. The highest BCUT2D eigenvalue weighted by Crippen LogP contribution is 2.45. The maximum absolute atomic E-state index is 13.8. The molecule has 0 saturated heterocycles. The number of hydrogen-bond donors (Lipinski definition) is 2. The zero-order chi connectivity index (χ0) is 21.1. The molecule has 1 aliphatic heterocycles. The van der Waals surface area contributed by atoms with Gasteiger partial charge in [-0.2, -0.15) is 0 Å². The lowest BCUT2D eigenvalue weighted by Gasteiger charge is -2.16. The Hall–Kier alpha value is -3.81. The number of anilines is 1. The van der Waals surface area contributed by atoms with E-state index < -0.39 is 30.5 Å². The van der Waals surface area contributed by atoms with E-state index in [4.69, 9.17) is 4.74 Å².